The Morgan fingerprint density at radius 1 is 1.22 bits per heavy atom. The van der Waals surface area contributed by atoms with Gasteiger partial charge in [-0.25, -0.2) is 0 Å². The molecule has 0 N–H and O–H groups in total. The van der Waals surface area contributed by atoms with Crippen LogP contribution in [0.4, 0.5) is 0 Å². The Balaban J connectivity index is 2.35. The number of ketones is 1. The van der Waals surface area contributed by atoms with Crippen molar-refractivity contribution in [3.8, 4) is 5.75 Å². The lowest BCUT2D eigenvalue weighted by Crippen LogP contribution is -2.10. The summed E-state index contributed by atoms with van der Waals surface area (Å²) < 4.78 is 6.62. The molecule has 0 fully saturated rings. The summed E-state index contributed by atoms with van der Waals surface area (Å²) in [4.78, 5) is 13.1. The predicted octanol–water partition coefficient (Wildman–Crippen LogP) is 4.53. The minimum atomic E-state index is 0.00181. The van der Waals surface area contributed by atoms with E-state index in [9.17, 15) is 4.79 Å². The fraction of sp³-hybridized carbons (Fsp3) is 0.214. The molecule has 0 amide bonds. The van der Waals surface area contributed by atoms with E-state index in [2.05, 4.69) is 15.9 Å². The third-order valence-electron chi connectivity index (χ3n) is 2.29. The molecule has 0 atom stereocenters. The summed E-state index contributed by atoms with van der Waals surface area (Å²) in [7, 11) is 0. The SMILES string of the molecule is CC(C)Oc1ccccc1C(=O)c1ccc(Br)s1. The molecule has 1 heterocycles. The highest BCUT2D eigenvalue weighted by Crippen LogP contribution is 2.28. The van der Waals surface area contributed by atoms with Gasteiger partial charge >= 0.3 is 0 Å². The molecule has 94 valence electrons. The van der Waals surface area contributed by atoms with Crippen LogP contribution in [0.25, 0.3) is 0 Å². The molecule has 0 radical (unpaired) electrons. The quantitative estimate of drug-likeness (QED) is 0.772. The number of hydrogen-bond acceptors (Lipinski definition) is 3. The van der Waals surface area contributed by atoms with E-state index in [0.29, 0.717) is 16.2 Å². The average Bonchev–Trinajstić information content (AvgIpc) is 2.75. The van der Waals surface area contributed by atoms with Crippen LogP contribution < -0.4 is 4.74 Å². The molecule has 0 aliphatic carbocycles. The van der Waals surface area contributed by atoms with E-state index in [1.165, 1.54) is 11.3 Å². The maximum absolute atomic E-state index is 12.4. The molecule has 1 aromatic heterocycles. The lowest BCUT2D eigenvalue weighted by atomic mass is 10.1. The van der Waals surface area contributed by atoms with Crippen molar-refractivity contribution in [2.24, 2.45) is 0 Å². The number of hydrogen-bond donors (Lipinski definition) is 0. The van der Waals surface area contributed by atoms with Crippen LogP contribution in [0.15, 0.2) is 40.2 Å². The van der Waals surface area contributed by atoms with Gasteiger partial charge in [-0.2, -0.15) is 0 Å². The monoisotopic (exact) mass is 324 g/mol. The zero-order valence-corrected chi connectivity index (χ0v) is 12.5. The van der Waals surface area contributed by atoms with Gasteiger partial charge in [0.25, 0.3) is 0 Å². The minimum absolute atomic E-state index is 0.00181. The minimum Gasteiger partial charge on any atom is -0.490 e. The van der Waals surface area contributed by atoms with Crippen LogP contribution in [0.5, 0.6) is 5.75 Å². The van der Waals surface area contributed by atoms with Crippen LogP contribution in [0.2, 0.25) is 0 Å². The molecule has 0 spiro atoms. The van der Waals surface area contributed by atoms with Gasteiger partial charge < -0.3 is 4.74 Å². The highest BCUT2D eigenvalue weighted by atomic mass is 79.9. The first kappa shape index (κ1) is 13.3. The largest absolute Gasteiger partial charge is 0.490 e. The first-order chi connectivity index (χ1) is 8.58. The van der Waals surface area contributed by atoms with Gasteiger partial charge in [0, 0.05) is 0 Å². The van der Waals surface area contributed by atoms with Crippen LogP contribution >= 0.6 is 27.3 Å². The molecule has 0 aliphatic rings. The smallest absolute Gasteiger partial charge is 0.206 e. The Kier molecular flexibility index (Phi) is 4.19. The summed E-state index contributed by atoms with van der Waals surface area (Å²) in [6, 6.07) is 11.1. The van der Waals surface area contributed by atoms with E-state index in [4.69, 9.17) is 4.74 Å². The van der Waals surface area contributed by atoms with Crippen LogP contribution in [-0.2, 0) is 0 Å². The third-order valence-corrected chi connectivity index (χ3v) is 3.91. The van der Waals surface area contributed by atoms with Crippen molar-refractivity contribution in [2.45, 2.75) is 20.0 Å². The summed E-state index contributed by atoms with van der Waals surface area (Å²) in [5, 5.41) is 0. The zero-order chi connectivity index (χ0) is 13.1. The van der Waals surface area contributed by atoms with Crippen LogP contribution in [0.1, 0.15) is 29.1 Å². The summed E-state index contributed by atoms with van der Waals surface area (Å²) in [5.41, 5.74) is 0.612. The maximum atomic E-state index is 12.4. The fourth-order valence-electron chi connectivity index (χ4n) is 1.58. The molecule has 2 rings (SSSR count). The summed E-state index contributed by atoms with van der Waals surface area (Å²) >= 11 is 4.80. The molecular weight excluding hydrogens is 312 g/mol. The zero-order valence-electron chi connectivity index (χ0n) is 10.1. The van der Waals surface area contributed by atoms with Crippen LogP contribution in [0.3, 0.4) is 0 Å². The Morgan fingerprint density at radius 3 is 2.56 bits per heavy atom. The molecule has 0 bridgehead atoms. The van der Waals surface area contributed by atoms with E-state index in [0.717, 1.165) is 3.79 Å². The molecule has 0 saturated heterocycles. The molecule has 0 aliphatic heterocycles. The number of carbonyl (C=O) groups excluding carboxylic acids is 1. The van der Waals surface area contributed by atoms with Gasteiger partial charge in [-0.15, -0.1) is 11.3 Å². The van der Waals surface area contributed by atoms with Gasteiger partial charge in [0.1, 0.15) is 5.75 Å². The second-order valence-corrected chi connectivity index (χ2v) is 6.56. The van der Waals surface area contributed by atoms with Crippen molar-refractivity contribution >= 4 is 33.0 Å². The summed E-state index contributed by atoms with van der Waals surface area (Å²) in [6.45, 7) is 3.89. The molecule has 2 aromatic rings. The Bertz CT molecular complexity index is 560. The van der Waals surface area contributed by atoms with Gasteiger partial charge in [-0.3, -0.25) is 4.79 Å². The van der Waals surface area contributed by atoms with Gasteiger partial charge in [0.15, 0.2) is 0 Å². The second kappa shape index (κ2) is 5.67. The van der Waals surface area contributed by atoms with Crippen molar-refractivity contribution in [2.75, 3.05) is 0 Å². The van der Waals surface area contributed by atoms with Crippen LogP contribution in [0, 0.1) is 0 Å². The lowest BCUT2D eigenvalue weighted by Gasteiger charge is -2.12. The van der Waals surface area contributed by atoms with E-state index < -0.39 is 0 Å². The third kappa shape index (κ3) is 3.00. The van der Waals surface area contributed by atoms with Crippen molar-refractivity contribution in [1.82, 2.24) is 0 Å². The van der Waals surface area contributed by atoms with E-state index in [1.807, 2.05) is 44.2 Å². The first-order valence-electron chi connectivity index (χ1n) is 5.63. The Morgan fingerprint density at radius 2 is 1.94 bits per heavy atom. The highest BCUT2D eigenvalue weighted by molar-refractivity contribution is 9.11. The summed E-state index contributed by atoms with van der Waals surface area (Å²) in [5.74, 6) is 0.643. The summed E-state index contributed by atoms with van der Waals surface area (Å²) in [6.07, 6.45) is 0.0500. The van der Waals surface area contributed by atoms with Crippen LogP contribution in [-0.4, -0.2) is 11.9 Å². The van der Waals surface area contributed by atoms with Crippen molar-refractivity contribution in [3.63, 3.8) is 0 Å². The van der Waals surface area contributed by atoms with E-state index >= 15 is 0 Å². The van der Waals surface area contributed by atoms with Crippen molar-refractivity contribution in [1.29, 1.82) is 0 Å². The van der Waals surface area contributed by atoms with Gasteiger partial charge in [-0.05, 0) is 54.0 Å². The van der Waals surface area contributed by atoms with Gasteiger partial charge in [0.2, 0.25) is 5.78 Å². The first-order valence-corrected chi connectivity index (χ1v) is 7.24. The van der Waals surface area contributed by atoms with Gasteiger partial charge in [-0.1, -0.05) is 12.1 Å². The molecule has 1 aromatic carbocycles. The predicted molar refractivity (Wildman–Crippen MR) is 77.7 cm³/mol. The maximum Gasteiger partial charge on any atom is 0.206 e. The van der Waals surface area contributed by atoms with Crippen molar-refractivity contribution < 1.29 is 9.53 Å². The number of benzene rings is 1. The molecule has 2 nitrogen and oxygen atoms in total. The second-order valence-electron chi connectivity index (χ2n) is 4.10. The molecule has 4 heteroatoms. The van der Waals surface area contributed by atoms with E-state index in [1.54, 1.807) is 6.07 Å². The molecule has 0 saturated carbocycles. The number of rotatable bonds is 4. The Labute approximate surface area is 119 Å². The number of ether oxygens (including phenoxy) is 1. The Hall–Kier alpha value is -1.13. The van der Waals surface area contributed by atoms with E-state index in [-0.39, 0.29) is 11.9 Å². The van der Waals surface area contributed by atoms with Crippen molar-refractivity contribution in [3.05, 3.63) is 50.6 Å². The molecule has 0 unspecified atom stereocenters. The standard InChI is InChI=1S/C14H13BrO2S/c1-9(2)17-11-6-4-3-5-10(11)14(16)12-7-8-13(15)18-12/h3-9H,1-2H3. The number of para-hydroxylation sites is 1. The number of halogens is 1. The topological polar surface area (TPSA) is 26.3 Å². The fourth-order valence-corrected chi connectivity index (χ4v) is 2.92. The average molecular weight is 325 g/mol. The normalized spacial score (nSPS) is 10.7. The number of thiophene rings is 1. The number of carbonyl (C=O) groups is 1. The molecule has 18 heavy (non-hydrogen) atoms. The lowest BCUT2D eigenvalue weighted by molar-refractivity contribution is 0.103. The van der Waals surface area contributed by atoms with Gasteiger partial charge in [0.05, 0.1) is 20.3 Å². The highest BCUT2D eigenvalue weighted by Gasteiger charge is 2.16. The molecular formula is C14H13BrO2S.